The first kappa shape index (κ1) is 17.5. The highest BCUT2D eigenvalue weighted by molar-refractivity contribution is 7.17. The molecule has 3 N–H and O–H groups in total. The number of hydrogen-bond acceptors (Lipinski definition) is 5. The number of amides is 1. The van der Waals surface area contributed by atoms with Crippen molar-refractivity contribution in [3.63, 3.8) is 0 Å². The second-order valence-corrected chi connectivity index (χ2v) is 7.87. The first-order valence-corrected chi connectivity index (χ1v) is 9.53. The van der Waals surface area contributed by atoms with Gasteiger partial charge >= 0.3 is 5.97 Å². The summed E-state index contributed by atoms with van der Waals surface area (Å²) in [7, 11) is 0. The van der Waals surface area contributed by atoms with Crippen LogP contribution in [0.3, 0.4) is 0 Å². The minimum absolute atomic E-state index is 0.0950. The second kappa shape index (κ2) is 6.38. The van der Waals surface area contributed by atoms with Gasteiger partial charge in [0.25, 0.3) is 0 Å². The molecule has 4 rings (SSSR count). The Labute approximate surface area is 160 Å². The number of benzene rings is 1. The first-order valence-electron chi connectivity index (χ1n) is 8.72. The van der Waals surface area contributed by atoms with Crippen LogP contribution in [0, 0.1) is 6.92 Å². The van der Waals surface area contributed by atoms with Crippen molar-refractivity contribution < 1.29 is 14.7 Å². The number of likely N-dealkylation sites (tertiary alicyclic amines) is 1. The van der Waals surface area contributed by atoms with E-state index in [4.69, 9.17) is 5.73 Å². The third-order valence-electron chi connectivity index (χ3n) is 5.10. The molecule has 0 radical (unpaired) electrons. The summed E-state index contributed by atoms with van der Waals surface area (Å²) < 4.78 is 2.15. The minimum Gasteiger partial charge on any atom is -0.477 e. The van der Waals surface area contributed by atoms with Crippen LogP contribution in [-0.2, 0) is 4.79 Å². The quantitative estimate of drug-likeness (QED) is 0.722. The lowest BCUT2D eigenvalue weighted by Crippen LogP contribution is -2.26. The predicted molar refractivity (Wildman–Crippen MR) is 105 cm³/mol. The number of aromatic carboxylic acids is 1. The highest BCUT2D eigenvalue weighted by Gasteiger charge is 2.27. The van der Waals surface area contributed by atoms with E-state index in [9.17, 15) is 14.7 Å². The summed E-state index contributed by atoms with van der Waals surface area (Å²) >= 11 is 1.17. The maximum atomic E-state index is 11.6. The summed E-state index contributed by atoms with van der Waals surface area (Å²) in [6, 6.07) is 6.11. The monoisotopic (exact) mass is 384 g/mol. The van der Waals surface area contributed by atoms with E-state index in [0.717, 1.165) is 29.4 Å². The number of fused-ring (bicyclic) bond motifs is 1. The van der Waals surface area contributed by atoms with Gasteiger partial charge in [0.05, 0.1) is 22.9 Å². The van der Waals surface area contributed by atoms with E-state index >= 15 is 0 Å². The maximum Gasteiger partial charge on any atom is 0.347 e. The van der Waals surface area contributed by atoms with Crippen LogP contribution in [0.5, 0.6) is 0 Å². The number of thiazole rings is 1. The average molecular weight is 384 g/mol. The standard InChI is InChI=1S/C19H20N4O3S/c1-10-17(19(25)26)27-18(21-10)12-3-4-16-14(7-12)15(20)9-23(16)13-5-6-22(8-13)11(2)24/h3-4,7,9,13H,5-6,8,20H2,1-2H3,(H,25,26). The predicted octanol–water partition coefficient (Wildman–Crippen LogP) is 3.15. The third kappa shape index (κ3) is 2.95. The van der Waals surface area contributed by atoms with E-state index in [1.165, 1.54) is 11.3 Å². The zero-order valence-electron chi connectivity index (χ0n) is 15.1. The number of carboxylic acids is 1. The lowest BCUT2D eigenvalue weighted by Gasteiger charge is -2.16. The molecule has 1 fully saturated rings. The number of carbonyl (C=O) groups is 2. The molecule has 0 bridgehead atoms. The Kier molecular flexibility index (Phi) is 4.15. The summed E-state index contributed by atoms with van der Waals surface area (Å²) in [5.41, 5.74) is 9.30. The molecular formula is C19H20N4O3S. The highest BCUT2D eigenvalue weighted by Crippen LogP contribution is 2.35. The molecule has 0 aliphatic carbocycles. The molecule has 0 spiro atoms. The van der Waals surface area contributed by atoms with Crippen LogP contribution < -0.4 is 5.73 Å². The topological polar surface area (TPSA) is 101 Å². The molecule has 1 aliphatic heterocycles. The Morgan fingerprint density at radius 3 is 2.78 bits per heavy atom. The number of rotatable bonds is 3. The molecular weight excluding hydrogens is 364 g/mol. The molecule has 1 saturated heterocycles. The number of carboxylic acid groups (broad SMARTS) is 1. The average Bonchev–Trinajstić information content (AvgIpc) is 3.32. The van der Waals surface area contributed by atoms with E-state index in [2.05, 4.69) is 9.55 Å². The van der Waals surface area contributed by atoms with Crippen molar-refractivity contribution in [3.8, 4) is 10.6 Å². The van der Waals surface area contributed by atoms with Crippen LogP contribution in [0.15, 0.2) is 24.4 Å². The van der Waals surface area contributed by atoms with Gasteiger partial charge in [0.15, 0.2) is 0 Å². The SMILES string of the molecule is CC(=O)N1CCC(n2cc(N)c3cc(-c4nc(C)c(C(=O)O)s4)ccc32)C1. The number of carbonyl (C=O) groups excluding carboxylic acids is 1. The van der Waals surface area contributed by atoms with Gasteiger partial charge in [-0.3, -0.25) is 4.79 Å². The van der Waals surface area contributed by atoms with Gasteiger partial charge < -0.3 is 20.3 Å². The molecule has 3 heterocycles. The Hall–Kier alpha value is -2.87. The first-order chi connectivity index (χ1) is 12.8. The summed E-state index contributed by atoms with van der Waals surface area (Å²) in [6.07, 6.45) is 2.83. The Morgan fingerprint density at radius 1 is 1.37 bits per heavy atom. The molecule has 0 saturated carbocycles. The van der Waals surface area contributed by atoms with E-state index in [1.54, 1.807) is 13.8 Å². The smallest absolute Gasteiger partial charge is 0.347 e. The van der Waals surface area contributed by atoms with Crippen molar-refractivity contribution in [2.45, 2.75) is 26.3 Å². The number of anilines is 1. The Bertz CT molecular complexity index is 1070. The lowest BCUT2D eigenvalue weighted by atomic mass is 10.1. The minimum atomic E-state index is -0.959. The second-order valence-electron chi connectivity index (χ2n) is 6.87. The molecule has 1 amide bonds. The molecule has 1 atom stereocenters. The van der Waals surface area contributed by atoms with Crippen LogP contribution in [0.1, 0.15) is 34.8 Å². The van der Waals surface area contributed by atoms with Crippen molar-refractivity contribution in [1.82, 2.24) is 14.5 Å². The van der Waals surface area contributed by atoms with Gasteiger partial charge in [0.1, 0.15) is 9.88 Å². The molecule has 1 unspecified atom stereocenters. The zero-order valence-corrected chi connectivity index (χ0v) is 15.9. The summed E-state index contributed by atoms with van der Waals surface area (Å²) in [5, 5.41) is 10.8. The van der Waals surface area contributed by atoms with Gasteiger partial charge in [0.2, 0.25) is 5.91 Å². The number of nitrogen functional groups attached to an aromatic ring is 1. The fourth-order valence-corrected chi connectivity index (χ4v) is 4.59. The summed E-state index contributed by atoms with van der Waals surface area (Å²) in [5.74, 6) is -0.864. The molecule has 1 aliphatic rings. The van der Waals surface area contributed by atoms with Gasteiger partial charge in [-0.05, 0) is 31.5 Å². The van der Waals surface area contributed by atoms with Gasteiger partial charge in [-0.15, -0.1) is 11.3 Å². The van der Waals surface area contributed by atoms with Crippen molar-refractivity contribution in [3.05, 3.63) is 35.0 Å². The Morgan fingerprint density at radius 2 is 2.15 bits per heavy atom. The number of nitrogens with zero attached hydrogens (tertiary/aromatic N) is 3. The van der Waals surface area contributed by atoms with E-state index in [0.29, 0.717) is 22.9 Å². The number of aromatic nitrogens is 2. The molecule has 3 aromatic rings. The normalized spacial score (nSPS) is 17.0. The molecule has 140 valence electrons. The fraction of sp³-hybridized carbons (Fsp3) is 0.316. The number of nitrogens with two attached hydrogens (primary N) is 1. The summed E-state index contributed by atoms with van der Waals surface area (Å²) in [4.78, 5) is 29.4. The van der Waals surface area contributed by atoms with E-state index < -0.39 is 5.97 Å². The van der Waals surface area contributed by atoms with Crippen LogP contribution in [-0.4, -0.2) is 44.5 Å². The lowest BCUT2D eigenvalue weighted by molar-refractivity contribution is -0.127. The molecule has 7 nitrogen and oxygen atoms in total. The van der Waals surface area contributed by atoms with Gasteiger partial charge in [0, 0.05) is 37.2 Å². The largest absolute Gasteiger partial charge is 0.477 e. The van der Waals surface area contributed by atoms with Crippen LogP contribution >= 0.6 is 11.3 Å². The van der Waals surface area contributed by atoms with Gasteiger partial charge in [-0.2, -0.15) is 0 Å². The zero-order chi connectivity index (χ0) is 19.3. The molecule has 8 heteroatoms. The van der Waals surface area contributed by atoms with Crippen molar-refractivity contribution in [2.75, 3.05) is 18.8 Å². The van der Waals surface area contributed by atoms with Crippen molar-refractivity contribution >= 4 is 39.8 Å². The van der Waals surface area contributed by atoms with Crippen molar-refractivity contribution in [1.29, 1.82) is 0 Å². The molecule has 1 aromatic carbocycles. The fourth-order valence-electron chi connectivity index (χ4n) is 3.69. The maximum absolute atomic E-state index is 11.6. The Balaban J connectivity index is 1.72. The van der Waals surface area contributed by atoms with Crippen LogP contribution in [0.4, 0.5) is 5.69 Å². The molecule has 27 heavy (non-hydrogen) atoms. The third-order valence-corrected chi connectivity index (χ3v) is 6.30. The van der Waals surface area contributed by atoms with Gasteiger partial charge in [-0.25, -0.2) is 9.78 Å². The van der Waals surface area contributed by atoms with Crippen LogP contribution in [0.25, 0.3) is 21.5 Å². The van der Waals surface area contributed by atoms with Crippen molar-refractivity contribution in [2.24, 2.45) is 0 Å². The highest BCUT2D eigenvalue weighted by atomic mass is 32.1. The number of aryl methyl sites for hydroxylation is 1. The number of hydrogen-bond donors (Lipinski definition) is 2. The van der Waals surface area contributed by atoms with Gasteiger partial charge in [-0.1, -0.05) is 0 Å². The van der Waals surface area contributed by atoms with Crippen LogP contribution in [0.2, 0.25) is 0 Å². The van der Waals surface area contributed by atoms with E-state index in [-0.39, 0.29) is 16.8 Å². The molecule has 2 aromatic heterocycles. The summed E-state index contributed by atoms with van der Waals surface area (Å²) in [6.45, 7) is 4.74. The van der Waals surface area contributed by atoms with E-state index in [1.807, 2.05) is 29.3 Å².